The van der Waals surface area contributed by atoms with Crippen LogP contribution in [0.3, 0.4) is 0 Å². The van der Waals surface area contributed by atoms with Crippen molar-refractivity contribution in [2.24, 2.45) is 13.0 Å². The van der Waals surface area contributed by atoms with Crippen LogP contribution in [0.25, 0.3) is 21.8 Å². The van der Waals surface area contributed by atoms with Crippen LogP contribution < -0.4 is 11.0 Å². The van der Waals surface area contributed by atoms with Crippen molar-refractivity contribution in [3.63, 3.8) is 0 Å². The van der Waals surface area contributed by atoms with E-state index in [4.69, 9.17) is 0 Å². The molecule has 1 aromatic heterocycles. The van der Waals surface area contributed by atoms with Crippen LogP contribution in [0.5, 0.6) is 0 Å². The molecule has 4 aromatic rings. The van der Waals surface area contributed by atoms with E-state index in [-0.39, 0.29) is 29.5 Å². The number of amides is 3. The van der Waals surface area contributed by atoms with E-state index in [0.29, 0.717) is 58.3 Å². The van der Waals surface area contributed by atoms with Gasteiger partial charge in [-0.05, 0) is 54.2 Å². The first-order chi connectivity index (χ1) is 20.8. The number of para-hydroxylation sites is 2. The highest BCUT2D eigenvalue weighted by atomic mass is 16.4. The van der Waals surface area contributed by atoms with E-state index < -0.39 is 12.1 Å². The number of hydrogen-bond donors (Lipinski definition) is 2. The smallest absolute Gasteiger partial charge is 0.407 e. The highest BCUT2D eigenvalue weighted by Gasteiger charge is 2.34. The van der Waals surface area contributed by atoms with Crippen LogP contribution in [0.1, 0.15) is 37.3 Å². The van der Waals surface area contributed by atoms with Crippen LogP contribution in [-0.2, 0) is 23.1 Å². The second-order valence-electron chi connectivity index (χ2n) is 11.7. The maximum Gasteiger partial charge on any atom is 0.407 e. The van der Waals surface area contributed by atoms with E-state index in [1.54, 1.807) is 11.6 Å². The van der Waals surface area contributed by atoms with Gasteiger partial charge in [-0.3, -0.25) is 18.7 Å². The molecule has 3 heterocycles. The minimum atomic E-state index is -0.975. The number of carboxylic acid groups (broad SMARTS) is 1. The van der Waals surface area contributed by atoms with Crippen LogP contribution >= 0.6 is 0 Å². The summed E-state index contributed by atoms with van der Waals surface area (Å²) in [5, 5.41) is 14.5. The molecule has 3 amide bonds. The highest BCUT2D eigenvalue weighted by molar-refractivity contribution is 5.89. The van der Waals surface area contributed by atoms with Crippen molar-refractivity contribution in [3.8, 4) is 0 Å². The molecule has 2 N–H and O–H groups in total. The number of carbonyl (C=O) groups excluding carboxylic acids is 2. The lowest BCUT2D eigenvalue weighted by atomic mass is 9.94. The Bertz CT molecular complexity index is 1730. The summed E-state index contributed by atoms with van der Waals surface area (Å²) in [5.74, 6) is -0.680. The van der Waals surface area contributed by atoms with Gasteiger partial charge < -0.3 is 20.2 Å². The zero-order chi connectivity index (χ0) is 30.1. The molecule has 2 fully saturated rings. The van der Waals surface area contributed by atoms with Crippen LogP contribution in [0.4, 0.5) is 4.79 Å². The standard InChI is InChI=1S/C33H37N5O5/c1-35-28-8-4-5-9-29(28)38(32(35)41)26-14-18-36(19-15-26)31(40)27(21-22-10-11-23-6-2-3-7-25(23)20-22)34-30(39)24-12-16-37(17-13-24)33(42)43/h2-11,20,24,26-27H,12-19,21H2,1H3,(H,34,39)(H,42,43)/t27-/m1/s1. The molecule has 1 atom stereocenters. The van der Waals surface area contributed by atoms with E-state index in [1.165, 1.54) is 4.90 Å². The molecule has 2 aliphatic rings. The number of benzene rings is 3. The van der Waals surface area contributed by atoms with Crippen LogP contribution in [-0.4, -0.2) is 74.2 Å². The zero-order valence-corrected chi connectivity index (χ0v) is 24.3. The van der Waals surface area contributed by atoms with E-state index in [1.807, 2.05) is 70.1 Å². The number of nitrogens with zero attached hydrogens (tertiary/aromatic N) is 4. The van der Waals surface area contributed by atoms with E-state index in [9.17, 15) is 24.3 Å². The Morgan fingerprint density at radius 2 is 1.47 bits per heavy atom. The topological polar surface area (TPSA) is 117 Å². The second kappa shape index (κ2) is 11.9. The number of likely N-dealkylation sites (tertiary alicyclic amines) is 2. The van der Waals surface area contributed by atoms with Gasteiger partial charge >= 0.3 is 11.8 Å². The van der Waals surface area contributed by atoms with Crippen molar-refractivity contribution < 1.29 is 19.5 Å². The lowest BCUT2D eigenvalue weighted by Gasteiger charge is -2.35. The third-order valence-electron chi connectivity index (χ3n) is 9.14. The van der Waals surface area contributed by atoms with Crippen LogP contribution in [0, 0.1) is 5.92 Å². The Morgan fingerprint density at radius 1 is 0.837 bits per heavy atom. The van der Waals surface area contributed by atoms with Gasteiger partial charge in [-0.1, -0.05) is 54.6 Å². The van der Waals surface area contributed by atoms with Gasteiger partial charge in [-0.2, -0.15) is 0 Å². The lowest BCUT2D eigenvalue weighted by molar-refractivity contribution is -0.138. The number of aryl methyl sites for hydroxylation is 1. The Labute approximate surface area is 249 Å². The number of imidazole rings is 1. The van der Waals surface area contributed by atoms with Gasteiger partial charge in [0.1, 0.15) is 6.04 Å². The van der Waals surface area contributed by atoms with Crippen molar-refractivity contribution in [2.75, 3.05) is 26.2 Å². The predicted molar refractivity (Wildman–Crippen MR) is 164 cm³/mol. The molecule has 2 aliphatic heterocycles. The first kappa shape index (κ1) is 28.5. The molecule has 2 saturated heterocycles. The van der Waals surface area contributed by atoms with Gasteiger partial charge in [0.15, 0.2) is 0 Å². The minimum absolute atomic E-state index is 0.0180. The number of rotatable bonds is 6. The molecule has 3 aromatic carbocycles. The summed E-state index contributed by atoms with van der Waals surface area (Å²) in [5.41, 5.74) is 2.69. The predicted octanol–water partition coefficient (Wildman–Crippen LogP) is 3.77. The number of aromatic nitrogens is 2. The average Bonchev–Trinajstić information content (AvgIpc) is 3.29. The number of nitrogens with one attached hydrogen (secondary N) is 1. The second-order valence-corrected chi connectivity index (χ2v) is 11.7. The number of piperidine rings is 2. The van der Waals surface area contributed by atoms with E-state index in [0.717, 1.165) is 27.4 Å². The van der Waals surface area contributed by atoms with Crippen LogP contribution in [0.15, 0.2) is 71.5 Å². The molecule has 10 nitrogen and oxygen atoms in total. The number of carbonyl (C=O) groups is 3. The molecule has 10 heteroatoms. The van der Waals surface area contributed by atoms with Crippen molar-refractivity contribution >= 4 is 39.7 Å². The third kappa shape index (κ3) is 5.74. The molecule has 0 aliphatic carbocycles. The molecular formula is C33H37N5O5. The van der Waals surface area contributed by atoms with E-state index >= 15 is 0 Å². The summed E-state index contributed by atoms with van der Waals surface area (Å²) in [6.07, 6.45) is 1.53. The normalized spacial score (nSPS) is 17.3. The molecule has 0 unspecified atom stereocenters. The Morgan fingerprint density at radius 3 is 2.16 bits per heavy atom. The average molecular weight is 584 g/mol. The first-order valence-corrected chi connectivity index (χ1v) is 15.0. The number of hydrogen-bond acceptors (Lipinski definition) is 4. The molecule has 43 heavy (non-hydrogen) atoms. The minimum Gasteiger partial charge on any atom is -0.465 e. The zero-order valence-electron chi connectivity index (χ0n) is 24.3. The van der Waals surface area contributed by atoms with Gasteiger partial charge in [0, 0.05) is 51.6 Å². The van der Waals surface area contributed by atoms with Gasteiger partial charge in [0.25, 0.3) is 0 Å². The van der Waals surface area contributed by atoms with Crippen molar-refractivity contribution in [1.29, 1.82) is 0 Å². The SMILES string of the molecule is Cn1c(=O)n(C2CCN(C(=O)[C@@H](Cc3ccc4ccccc4c3)NC(=O)C3CCN(C(=O)O)CC3)CC2)c2ccccc21. The Hall–Kier alpha value is -4.60. The van der Waals surface area contributed by atoms with Gasteiger partial charge in [0.05, 0.1) is 11.0 Å². The van der Waals surface area contributed by atoms with Crippen molar-refractivity contribution in [2.45, 2.75) is 44.2 Å². The lowest BCUT2D eigenvalue weighted by Crippen LogP contribution is -2.54. The molecule has 0 bridgehead atoms. The van der Waals surface area contributed by atoms with E-state index in [2.05, 4.69) is 11.4 Å². The highest BCUT2D eigenvalue weighted by Crippen LogP contribution is 2.27. The van der Waals surface area contributed by atoms with Gasteiger partial charge in [-0.25, -0.2) is 9.59 Å². The maximum atomic E-state index is 14.0. The molecule has 0 spiro atoms. The van der Waals surface area contributed by atoms with Crippen molar-refractivity contribution in [3.05, 3.63) is 82.8 Å². The molecule has 6 rings (SSSR count). The van der Waals surface area contributed by atoms with Crippen LogP contribution in [0.2, 0.25) is 0 Å². The third-order valence-corrected chi connectivity index (χ3v) is 9.14. The summed E-state index contributed by atoms with van der Waals surface area (Å²) in [6.45, 7) is 1.58. The molecule has 0 radical (unpaired) electrons. The fraction of sp³-hybridized carbons (Fsp3) is 0.394. The fourth-order valence-electron chi connectivity index (χ4n) is 6.66. The summed E-state index contributed by atoms with van der Waals surface area (Å²) in [4.78, 5) is 55.0. The Kier molecular flexibility index (Phi) is 7.92. The summed E-state index contributed by atoms with van der Waals surface area (Å²) in [6, 6.07) is 21.1. The number of fused-ring (bicyclic) bond motifs is 2. The van der Waals surface area contributed by atoms with Gasteiger partial charge in [0.2, 0.25) is 11.8 Å². The summed E-state index contributed by atoms with van der Waals surface area (Å²) < 4.78 is 3.53. The fourth-order valence-corrected chi connectivity index (χ4v) is 6.66. The largest absolute Gasteiger partial charge is 0.465 e. The maximum absolute atomic E-state index is 14.0. The first-order valence-electron chi connectivity index (χ1n) is 15.0. The van der Waals surface area contributed by atoms with Crippen molar-refractivity contribution in [1.82, 2.24) is 24.3 Å². The summed E-state index contributed by atoms with van der Waals surface area (Å²) in [7, 11) is 1.78. The molecule has 224 valence electrons. The quantitative estimate of drug-likeness (QED) is 0.359. The Balaban J connectivity index is 1.19. The molecule has 0 saturated carbocycles. The van der Waals surface area contributed by atoms with Gasteiger partial charge in [-0.15, -0.1) is 0 Å². The molecular weight excluding hydrogens is 546 g/mol. The monoisotopic (exact) mass is 583 g/mol. The summed E-state index contributed by atoms with van der Waals surface area (Å²) >= 11 is 0.